The zero-order valence-corrected chi connectivity index (χ0v) is 29.8. The molecule has 0 fully saturated rings. The number of benzene rings is 10. The molecule has 0 heterocycles. The third kappa shape index (κ3) is 5.40. The van der Waals surface area contributed by atoms with Gasteiger partial charge in [-0.15, -0.1) is 0 Å². The molecule has 10 aromatic carbocycles. The average molecular weight is 685 g/mol. The third-order valence-corrected chi connectivity index (χ3v) is 10.9. The molecule has 0 aliphatic carbocycles. The van der Waals surface area contributed by atoms with E-state index in [-0.39, 0.29) is 0 Å². The Kier molecular flexibility index (Phi) is 7.93. The zero-order chi connectivity index (χ0) is 35.8. The molecule has 0 bridgehead atoms. The smallest absolute Gasteiger partial charge is 0.000139 e. The predicted molar refractivity (Wildman–Crippen MR) is 232 cm³/mol. The summed E-state index contributed by atoms with van der Waals surface area (Å²) in [5.74, 6) is 0. The van der Waals surface area contributed by atoms with Crippen molar-refractivity contribution in [3.63, 3.8) is 0 Å². The molecule has 0 aliphatic heterocycles. The summed E-state index contributed by atoms with van der Waals surface area (Å²) in [6.07, 6.45) is 0. The van der Waals surface area contributed by atoms with Crippen molar-refractivity contribution in [1.29, 1.82) is 0 Å². The second-order valence-electron chi connectivity index (χ2n) is 14.0. The summed E-state index contributed by atoms with van der Waals surface area (Å²) in [5.41, 5.74) is 14.7. The highest BCUT2D eigenvalue weighted by Gasteiger charge is 2.25. The van der Waals surface area contributed by atoms with Gasteiger partial charge in [0.15, 0.2) is 0 Å². The first-order chi connectivity index (χ1) is 26.8. The van der Waals surface area contributed by atoms with Crippen LogP contribution in [0.15, 0.2) is 218 Å². The van der Waals surface area contributed by atoms with E-state index in [1.807, 2.05) is 0 Å². The van der Waals surface area contributed by atoms with E-state index in [1.54, 1.807) is 0 Å². The van der Waals surface area contributed by atoms with Crippen LogP contribution in [0.3, 0.4) is 0 Å². The molecule has 0 N–H and O–H groups in total. The molecular formula is C54H36. The van der Waals surface area contributed by atoms with E-state index >= 15 is 0 Å². The second kappa shape index (κ2) is 13.5. The Morgan fingerprint density at radius 3 is 0.611 bits per heavy atom. The lowest BCUT2D eigenvalue weighted by Gasteiger charge is -2.25. The molecule has 0 unspecified atom stereocenters. The van der Waals surface area contributed by atoms with Crippen LogP contribution in [0, 0.1) is 0 Å². The molecule has 0 saturated heterocycles. The monoisotopic (exact) mass is 684 g/mol. The highest BCUT2D eigenvalue weighted by molar-refractivity contribution is 6.33. The van der Waals surface area contributed by atoms with Gasteiger partial charge in [0, 0.05) is 0 Å². The van der Waals surface area contributed by atoms with Gasteiger partial charge in [-0.25, -0.2) is 0 Å². The molecule has 252 valence electrons. The number of rotatable bonds is 6. The summed E-state index contributed by atoms with van der Waals surface area (Å²) < 4.78 is 0. The van der Waals surface area contributed by atoms with Crippen LogP contribution in [0.2, 0.25) is 0 Å². The summed E-state index contributed by atoms with van der Waals surface area (Å²) in [5, 5.41) is 7.52. The zero-order valence-electron chi connectivity index (χ0n) is 29.8. The van der Waals surface area contributed by atoms with Crippen LogP contribution >= 0.6 is 0 Å². The van der Waals surface area contributed by atoms with Crippen LogP contribution in [-0.2, 0) is 0 Å². The van der Waals surface area contributed by atoms with Crippen molar-refractivity contribution >= 4 is 32.3 Å². The van der Waals surface area contributed by atoms with E-state index in [1.165, 1.54) is 99.1 Å². The Morgan fingerprint density at radius 1 is 0.148 bits per heavy atom. The van der Waals surface area contributed by atoms with Gasteiger partial charge in [-0.1, -0.05) is 218 Å². The van der Waals surface area contributed by atoms with Crippen molar-refractivity contribution in [2.24, 2.45) is 0 Å². The van der Waals surface area contributed by atoms with Crippen LogP contribution in [0.25, 0.3) is 99.1 Å². The highest BCUT2D eigenvalue weighted by Crippen LogP contribution is 2.53. The average Bonchev–Trinajstić information content (AvgIpc) is 3.26. The fourth-order valence-electron chi connectivity index (χ4n) is 8.46. The quantitative estimate of drug-likeness (QED) is 0.153. The molecule has 10 rings (SSSR count). The SMILES string of the molecule is c1ccc(-c2ccc(-c3c4ccccc4c(-c4ccccc4)c4c(-c5ccc(-c6ccccc6)cc5)c5ccccc5c(-c5ccccc5)c34)cc2)cc1. The minimum atomic E-state index is 1.20. The molecular weight excluding hydrogens is 649 g/mol. The summed E-state index contributed by atoms with van der Waals surface area (Å²) in [4.78, 5) is 0. The van der Waals surface area contributed by atoms with Crippen LogP contribution < -0.4 is 0 Å². The van der Waals surface area contributed by atoms with Crippen molar-refractivity contribution in [1.82, 2.24) is 0 Å². The fourth-order valence-corrected chi connectivity index (χ4v) is 8.46. The third-order valence-electron chi connectivity index (χ3n) is 10.9. The number of hydrogen-bond acceptors (Lipinski definition) is 0. The van der Waals surface area contributed by atoms with Gasteiger partial charge < -0.3 is 0 Å². The van der Waals surface area contributed by atoms with E-state index in [0.717, 1.165) is 0 Å². The lowest BCUT2D eigenvalue weighted by molar-refractivity contribution is 1.60. The number of fused-ring (bicyclic) bond motifs is 3. The van der Waals surface area contributed by atoms with Crippen LogP contribution in [-0.4, -0.2) is 0 Å². The molecule has 10 aromatic rings. The number of hydrogen-bond donors (Lipinski definition) is 0. The van der Waals surface area contributed by atoms with Gasteiger partial charge in [-0.05, 0) is 99.1 Å². The maximum atomic E-state index is 2.32. The van der Waals surface area contributed by atoms with Gasteiger partial charge in [0.1, 0.15) is 0 Å². The first kappa shape index (κ1) is 31.7. The summed E-state index contributed by atoms with van der Waals surface area (Å²) in [7, 11) is 0. The standard InChI is InChI=1S/C54H36/c1-5-17-37(18-6-1)39-29-33-43(34-30-39)51-47-27-15-13-25-45(47)50(42-23-11-4-12-24-42)54-52(44-35-31-40(32-36-44)38-19-7-2-8-20-38)48-28-16-14-26-46(48)49(53(51)54)41-21-9-3-10-22-41/h1-36H. The van der Waals surface area contributed by atoms with Crippen molar-refractivity contribution in [2.75, 3.05) is 0 Å². The molecule has 0 aliphatic rings. The van der Waals surface area contributed by atoms with Gasteiger partial charge in [-0.2, -0.15) is 0 Å². The van der Waals surface area contributed by atoms with Crippen LogP contribution in [0.5, 0.6) is 0 Å². The Labute approximate surface area is 316 Å². The summed E-state index contributed by atoms with van der Waals surface area (Å²) in [6, 6.07) is 79.8. The van der Waals surface area contributed by atoms with E-state index in [9.17, 15) is 0 Å². The Bertz CT molecular complexity index is 2700. The molecule has 0 spiro atoms. The molecule has 0 nitrogen and oxygen atoms in total. The predicted octanol–water partition coefficient (Wildman–Crippen LogP) is 15.1. The molecule has 0 heteroatoms. The summed E-state index contributed by atoms with van der Waals surface area (Å²) >= 11 is 0. The van der Waals surface area contributed by atoms with Gasteiger partial charge in [0.25, 0.3) is 0 Å². The van der Waals surface area contributed by atoms with Gasteiger partial charge in [-0.3, -0.25) is 0 Å². The first-order valence-electron chi connectivity index (χ1n) is 18.7. The van der Waals surface area contributed by atoms with Gasteiger partial charge in [0.2, 0.25) is 0 Å². The molecule has 0 aromatic heterocycles. The topological polar surface area (TPSA) is 0 Å². The van der Waals surface area contributed by atoms with E-state index in [2.05, 4.69) is 218 Å². The first-order valence-corrected chi connectivity index (χ1v) is 18.7. The lowest BCUT2D eigenvalue weighted by Crippen LogP contribution is -1.97. The van der Waals surface area contributed by atoms with Crippen molar-refractivity contribution in [3.8, 4) is 66.8 Å². The second-order valence-corrected chi connectivity index (χ2v) is 14.0. The normalized spacial score (nSPS) is 11.3. The Morgan fingerprint density at radius 2 is 0.333 bits per heavy atom. The van der Waals surface area contributed by atoms with E-state index in [4.69, 9.17) is 0 Å². The largest absolute Gasteiger partial charge is 0.0622 e. The molecule has 0 saturated carbocycles. The van der Waals surface area contributed by atoms with Crippen molar-refractivity contribution in [2.45, 2.75) is 0 Å². The Balaban J connectivity index is 1.41. The van der Waals surface area contributed by atoms with E-state index < -0.39 is 0 Å². The highest BCUT2D eigenvalue weighted by atomic mass is 14.3. The molecule has 0 atom stereocenters. The van der Waals surface area contributed by atoms with E-state index in [0.29, 0.717) is 0 Å². The van der Waals surface area contributed by atoms with Crippen LogP contribution in [0.1, 0.15) is 0 Å². The van der Waals surface area contributed by atoms with Gasteiger partial charge >= 0.3 is 0 Å². The minimum Gasteiger partial charge on any atom is -0.0622 e. The molecule has 54 heavy (non-hydrogen) atoms. The van der Waals surface area contributed by atoms with Crippen LogP contribution in [0.4, 0.5) is 0 Å². The lowest BCUT2D eigenvalue weighted by atomic mass is 9.77. The maximum Gasteiger partial charge on any atom is -0.000139 e. The maximum absolute atomic E-state index is 2.32. The van der Waals surface area contributed by atoms with Crippen molar-refractivity contribution < 1.29 is 0 Å². The molecule has 0 amide bonds. The summed E-state index contributed by atoms with van der Waals surface area (Å²) in [6.45, 7) is 0. The minimum absolute atomic E-state index is 1.20. The van der Waals surface area contributed by atoms with Gasteiger partial charge in [0.05, 0.1) is 0 Å². The Hall–Kier alpha value is -7.02. The van der Waals surface area contributed by atoms with Crippen molar-refractivity contribution in [3.05, 3.63) is 218 Å². The molecule has 0 radical (unpaired) electrons. The fraction of sp³-hybridized carbons (Fsp3) is 0.